The third-order valence-corrected chi connectivity index (χ3v) is 6.51. The van der Waals surface area contributed by atoms with E-state index in [0.717, 1.165) is 6.42 Å². The molecule has 4 heterocycles. The molecule has 6 rings (SSSR count). The SMILES string of the molecule is CC1CCn2nc(-c3cnn(C)c3)c(C(=O)N[C@H]3N=C(c4ccccc4)c4cccc(F)c4NC3=O)c2O1. The molecule has 2 atom stereocenters. The maximum Gasteiger partial charge on any atom is 0.269 e. The fourth-order valence-corrected chi connectivity index (χ4v) is 4.64. The van der Waals surface area contributed by atoms with Gasteiger partial charge < -0.3 is 15.4 Å². The number of hydrogen-bond donors (Lipinski definition) is 2. The number of benzodiazepines with no additional fused rings is 1. The topological polar surface area (TPSA) is 115 Å². The number of amides is 2. The van der Waals surface area contributed by atoms with Crippen molar-refractivity contribution in [2.24, 2.45) is 12.0 Å². The summed E-state index contributed by atoms with van der Waals surface area (Å²) in [6, 6.07) is 13.6. The Bertz CT molecular complexity index is 1590. The minimum atomic E-state index is -1.34. The minimum absolute atomic E-state index is 0.00738. The first-order chi connectivity index (χ1) is 18.4. The molecule has 2 aromatic heterocycles. The average molecular weight is 514 g/mol. The van der Waals surface area contributed by atoms with Crippen molar-refractivity contribution in [3.8, 4) is 17.1 Å². The van der Waals surface area contributed by atoms with Crippen LogP contribution in [0, 0.1) is 5.82 Å². The van der Waals surface area contributed by atoms with E-state index in [1.54, 1.807) is 40.9 Å². The van der Waals surface area contributed by atoms with Crippen molar-refractivity contribution in [3.63, 3.8) is 0 Å². The second kappa shape index (κ2) is 9.25. The van der Waals surface area contributed by atoms with E-state index < -0.39 is 23.8 Å². The molecule has 2 amide bonds. The van der Waals surface area contributed by atoms with E-state index in [4.69, 9.17) is 4.74 Å². The molecule has 0 spiro atoms. The highest BCUT2D eigenvalue weighted by Crippen LogP contribution is 2.34. The molecule has 0 aliphatic carbocycles. The van der Waals surface area contributed by atoms with Crippen molar-refractivity contribution in [3.05, 3.63) is 83.4 Å². The number of fused-ring (bicyclic) bond motifs is 2. The molecule has 38 heavy (non-hydrogen) atoms. The molecule has 10 nitrogen and oxygen atoms in total. The summed E-state index contributed by atoms with van der Waals surface area (Å²) in [5.74, 6) is -1.55. The number of aryl methyl sites for hydroxylation is 2. The summed E-state index contributed by atoms with van der Waals surface area (Å²) in [6.07, 6.45) is 2.63. The predicted molar refractivity (Wildman–Crippen MR) is 138 cm³/mol. The Kier molecular flexibility index (Phi) is 5.74. The molecule has 2 aliphatic rings. The second-order valence-electron chi connectivity index (χ2n) is 9.24. The van der Waals surface area contributed by atoms with Crippen LogP contribution in [0.15, 0.2) is 65.9 Å². The molecule has 192 valence electrons. The summed E-state index contributed by atoms with van der Waals surface area (Å²) in [4.78, 5) is 31.7. The fourth-order valence-electron chi connectivity index (χ4n) is 4.64. The lowest BCUT2D eigenvalue weighted by atomic mass is 10.0. The smallest absolute Gasteiger partial charge is 0.269 e. The van der Waals surface area contributed by atoms with Gasteiger partial charge in [0.05, 0.1) is 23.7 Å². The molecule has 1 unspecified atom stereocenters. The van der Waals surface area contributed by atoms with E-state index in [9.17, 15) is 14.0 Å². The Morgan fingerprint density at radius 1 is 1.16 bits per heavy atom. The quantitative estimate of drug-likeness (QED) is 0.435. The summed E-state index contributed by atoms with van der Waals surface area (Å²) >= 11 is 0. The van der Waals surface area contributed by atoms with Crippen LogP contribution >= 0.6 is 0 Å². The van der Waals surface area contributed by atoms with Crippen LogP contribution in [0.2, 0.25) is 0 Å². The normalized spacial score (nSPS) is 18.4. The van der Waals surface area contributed by atoms with Crippen LogP contribution in [0.1, 0.15) is 34.8 Å². The number of para-hydroxylation sites is 1. The summed E-state index contributed by atoms with van der Waals surface area (Å²) in [5.41, 5.74) is 2.66. The zero-order valence-corrected chi connectivity index (χ0v) is 20.7. The lowest BCUT2D eigenvalue weighted by Crippen LogP contribution is -2.42. The van der Waals surface area contributed by atoms with E-state index >= 15 is 0 Å². The van der Waals surface area contributed by atoms with Crippen molar-refractivity contribution in [2.75, 3.05) is 5.32 Å². The molecule has 0 saturated heterocycles. The van der Waals surface area contributed by atoms with Crippen LogP contribution in [0.3, 0.4) is 0 Å². The van der Waals surface area contributed by atoms with Crippen molar-refractivity contribution in [2.45, 2.75) is 32.2 Å². The van der Waals surface area contributed by atoms with Gasteiger partial charge in [0.2, 0.25) is 12.0 Å². The molecule has 0 saturated carbocycles. The molecule has 0 fully saturated rings. The van der Waals surface area contributed by atoms with E-state index in [1.165, 1.54) is 6.07 Å². The highest BCUT2D eigenvalue weighted by Gasteiger charge is 2.34. The van der Waals surface area contributed by atoms with Crippen LogP contribution in [-0.2, 0) is 18.4 Å². The van der Waals surface area contributed by atoms with Gasteiger partial charge in [0, 0.05) is 42.9 Å². The zero-order chi connectivity index (χ0) is 26.4. The molecule has 4 aromatic rings. The van der Waals surface area contributed by atoms with Gasteiger partial charge in [-0.1, -0.05) is 42.5 Å². The molecule has 2 aromatic carbocycles. The van der Waals surface area contributed by atoms with Crippen LogP contribution in [-0.4, -0.2) is 49.4 Å². The first-order valence-electron chi connectivity index (χ1n) is 12.2. The van der Waals surface area contributed by atoms with Gasteiger partial charge >= 0.3 is 0 Å². The third-order valence-electron chi connectivity index (χ3n) is 6.51. The molecule has 0 radical (unpaired) electrons. The number of carbonyl (C=O) groups is 2. The molecule has 2 aliphatic heterocycles. The average Bonchev–Trinajstić information content (AvgIpc) is 3.47. The predicted octanol–water partition coefficient (Wildman–Crippen LogP) is 3.14. The lowest BCUT2D eigenvalue weighted by molar-refractivity contribution is -0.117. The standard InChI is InChI=1S/C27H24FN7O3/c1-15-11-12-35-27(38-15)20(22(33-35)17-13-29-34(2)14-17)25(36)32-24-26(37)31-23-18(9-6-10-19(23)28)21(30-24)16-7-4-3-5-8-16/h3-10,13-15,24H,11-12H2,1-2H3,(H,31,37)(H,32,36)/t15?,24-/m1/s1. The summed E-state index contributed by atoms with van der Waals surface area (Å²) in [7, 11) is 1.77. The Labute approximate surface area is 217 Å². The number of anilines is 1. The van der Waals surface area contributed by atoms with Gasteiger partial charge in [0.15, 0.2) is 0 Å². The Morgan fingerprint density at radius 2 is 1.97 bits per heavy atom. The van der Waals surface area contributed by atoms with Gasteiger partial charge in [-0.05, 0) is 13.0 Å². The van der Waals surface area contributed by atoms with Crippen molar-refractivity contribution >= 4 is 23.2 Å². The third kappa shape index (κ3) is 4.11. The number of halogens is 1. The number of rotatable bonds is 4. The van der Waals surface area contributed by atoms with Crippen molar-refractivity contribution < 1.29 is 18.7 Å². The number of hydrogen-bond acceptors (Lipinski definition) is 6. The monoisotopic (exact) mass is 513 g/mol. The van der Waals surface area contributed by atoms with Crippen LogP contribution in [0.4, 0.5) is 10.1 Å². The summed E-state index contributed by atoms with van der Waals surface area (Å²) < 4.78 is 24.1. The first-order valence-corrected chi connectivity index (χ1v) is 12.2. The molecular formula is C27H24FN7O3. The van der Waals surface area contributed by atoms with Gasteiger partial charge in [0.1, 0.15) is 17.1 Å². The molecular weight excluding hydrogens is 489 g/mol. The second-order valence-corrected chi connectivity index (χ2v) is 9.24. The van der Waals surface area contributed by atoms with Crippen LogP contribution in [0.25, 0.3) is 11.3 Å². The van der Waals surface area contributed by atoms with Crippen molar-refractivity contribution in [1.29, 1.82) is 0 Å². The van der Waals surface area contributed by atoms with E-state index in [-0.39, 0.29) is 17.4 Å². The Balaban J connectivity index is 1.43. The Hall–Kier alpha value is -4.80. The zero-order valence-electron chi connectivity index (χ0n) is 20.7. The van der Waals surface area contributed by atoms with Gasteiger partial charge in [0.25, 0.3) is 11.8 Å². The largest absolute Gasteiger partial charge is 0.474 e. The van der Waals surface area contributed by atoms with Gasteiger partial charge in [-0.15, -0.1) is 0 Å². The number of aromatic nitrogens is 4. The van der Waals surface area contributed by atoms with E-state index in [1.807, 2.05) is 37.3 Å². The minimum Gasteiger partial charge on any atom is -0.474 e. The fraction of sp³-hybridized carbons (Fsp3) is 0.222. The van der Waals surface area contributed by atoms with Gasteiger partial charge in [-0.25, -0.2) is 14.1 Å². The summed E-state index contributed by atoms with van der Waals surface area (Å²) in [5, 5.41) is 14.1. The van der Waals surface area contributed by atoms with Crippen LogP contribution < -0.4 is 15.4 Å². The maximum absolute atomic E-state index is 14.8. The number of nitrogens with one attached hydrogen (secondary N) is 2. The number of nitrogens with zero attached hydrogens (tertiary/aromatic N) is 5. The number of ether oxygens (including phenoxy) is 1. The first kappa shape index (κ1) is 23.6. The molecule has 2 N–H and O–H groups in total. The number of carbonyl (C=O) groups excluding carboxylic acids is 2. The lowest BCUT2D eigenvalue weighted by Gasteiger charge is -2.22. The molecule has 0 bridgehead atoms. The Morgan fingerprint density at radius 3 is 2.74 bits per heavy atom. The number of aliphatic imine (C=N–C) groups is 1. The van der Waals surface area contributed by atoms with Crippen LogP contribution in [0.5, 0.6) is 5.88 Å². The van der Waals surface area contributed by atoms with Gasteiger partial charge in [-0.3, -0.25) is 14.3 Å². The highest BCUT2D eigenvalue weighted by molar-refractivity contribution is 6.20. The van der Waals surface area contributed by atoms with E-state index in [2.05, 4.69) is 25.8 Å². The molecule has 11 heteroatoms. The number of benzene rings is 2. The van der Waals surface area contributed by atoms with Crippen molar-refractivity contribution in [1.82, 2.24) is 24.9 Å². The van der Waals surface area contributed by atoms with E-state index in [0.29, 0.717) is 40.5 Å². The summed E-state index contributed by atoms with van der Waals surface area (Å²) in [6.45, 7) is 2.49. The highest BCUT2D eigenvalue weighted by atomic mass is 19.1. The maximum atomic E-state index is 14.8. The van der Waals surface area contributed by atoms with Gasteiger partial charge in [-0.2, -0.15) is 10.2 Å².